The standard InChI is InChI=1S/C28H30Cl2N2O3/c1-3-15-31-28(34)25(17-21-10-5-4-6-11-21)32(18-22-13-14-23(29)24(30)16-22)27(33)19-35-26-12-8-7-9-20(26)2/h4-14,16,25H,3,15,17-19H2,1-2H3,(H,31,34)/t25-/m1/s1. The number of para-hydroxylation sites is 1. The molecule has 2 amide bonds. The smallest absolute Gasteiger partial charge is 0.261 e. The summed E-state index contributed by atoms with van der Waals surface area (Å²) in [6.45, 7) is 4.42. The van der Waals surface area contributed by atoms with Gasteiger partial charge in [0, 0.05) is 19.5 Å². The highest BCUT2D eigenvalue weighted by molar-refractivity contribution is 6.42. The Morgan fingerprint density at radius 1 is 0.943 bits per heavy atom. The van der Waals surface area contributed by atoms with Gasteiger partial charge in [-0.1, -0.05) is 84.7 Å². The van der Waals surface area contributed by atoms with Crippen LogP contribution in [0.1, 0.15) is 30.0 Å². The van der Waals surface area contributed by atoms with Crippen molar-refractivity contribution < 1.29 is 14.3 Å². The predicted octanol–water partition coefficient (Wildman–Crippen LogP) is 5.85. The van der Waals surface area contributed by atoms with Gasteiger partial charge in [-0.05, 0) is 48.2 Å². The number of nitrogens with zero attached hydrogens (tertiary/aromatic N) is 1. The largest absolute Gasteiger partial charge is 0.484 e. The number of amides is 2. The van der Waals surface area contributed by atoms with Crippen LogP contribution in [0.5, 0.6) is 5.75 Å². The second-order valence-corrected chi connectivity index (χ2v) is 9.14. The van der Waals surface area contributed by atoms with E-state index in [0.717, 1.165) is 23.1 Å². The van der Waals surface area contributed by atoms with Gasteiger partial charge in [0.1, 0.15) is 11.8 Å². The highest BCUT2D eigenvalue weighted by Gasteiger charge is 2.30. The normalized spacial score (nSPS) is 11.5. The second-order valence-electron chi connectivity index (χ2n) is 8.32. The molecule has 7 heteroatoms. The number of ether oxygens (including phenoxy) is 1. The zero-order chi connectivity index (χ0) is 25.2. The molecule has 1 atom stereocenters. The van der Waals surface area contributed by atoms with Crippen molar-refractivity contribution in [2.45, 2.75) is 39.3 Å². The van der Waals surface area contributed by atoms with E-state index in [1.165, 1.54) is 0 Å². The van der Waals surface area contributed by atoms with E-state index in [9.17, 15) is 9.59 Å². The van der Waals surface area contributed by atoms with E-state index >= 15 is 0 Å². The van der Waals surface area contributed by atoms with Gasteiger partial charge in [-0.15, -0.1) is 0 Å². The van der Waals surface area contributed by atoms with Crippen LogP contribution in [0.2, 0.25) is 10.0 Å². The lowest BCUT2D eigenvalue weighted by Crippen LogP contribution is -2.51. The highest BCUT2D eigenvalue weighted by atomic mass is 35.5. The molecule has 0 heterocycles. The van der Waals surface area contributed by atoms with Gasteiger partial charge in [-0.2, -0.15) is 0 Å². The van der Waals surface area contributed by atoms with Crippen molar-refractivity contribution in [2.75, 3.05) is 13.2 Å². The summed E-state index contributed by atoms with van der Waals surface area (Å²) in [5.74, 6) is 0.122. The lowest BCUT2D eigenvalue weighted by molar-refractivity contribution is -0.142. The van der Waals surface area contributed by atoms with Crippen molar-refractivity contribution in [3.63, 3.8) is 0 Å². The molecule has 184 valence electrons. The molecule has 0 saturated heterocycles. The Bertz CT molecular complexity index is 1140. The lowest BCUT2D eigenvalue weighted by Gasteiger charge is -2.31. The molecular formula is C28H30Cl2N2O3. The van der Waals surface area contributed by atoms with E-state index in [-0.39, 0.29) is 25.0 Å². The molecule has 0 bridgehead atoms. The number of hydrogen-bond acceptors (Lipinski definition) is 3. The molecule has 0 aliphatic carbocycles. The topological polar surface area (TPSA) is 58.6 Å². The van der Waals surface area contributed by atoms with Gasteiger partial charge in [0.15, 0.2) is 6.61 Å². The van der Waals surface area contributed by atoms with Crippen LogP contribution in [0.25, 0.3) is 0 Å². The van der Waals surface area contributed by atoms with Gasteiger partial charge in [0.25, 0.3) is 5.91 Å². The quantitative estimate of drug-likeness (QED) is 0.350. The second kappa shape index (κ2) is 13.2. The number of nitrogens with one attached hydrogen (secondary N) is 1. The van der Waals surface area contributed by atoms with Crippen LogP contribution in [0.3, 0.4) is 0 Å². The maximum absolute atomic E-state index is 13.6. The van der Waals surface area contributed by atoms with Crippen LogP contribution < -0.4 is 10.1 Å². The van der Waals surface area contributed by atoms with Crippen molar-refractivity contribution in [3.8, 4) is 5.75 Å². The van der Waals surface area contributed by atoms with E-state index in [0.29, 0.717) is 28.8 Å². The number of halogens is 2. The molecule has 0 aromatic heterocycles. The number of carbonyl (C=O) groups is 2. The Morgan fingerprint density at radius 3 is 2.34 bits per heavy atom. The first-order chi connectivity index (χ1) is 16.9. The van der Waals surface area contributed by atoms with E-state index < -0.39 is 6.04 Å². The predicted molar refractivity (Wildman–Crippen MR) is 141 cm³/mol. The van der Waals surface area contributed by atoms with Crippen molar-refractivity contribution in [1.29, 1.82) is 0 Å². The van der Waals surface area contributed by atoms with E-state index in [2.05, 4.69) is 5.32 Å². The summed E-state index contributed by atoms with van der Waals surface area (Å²) < 4.78 is 5.85. The monoisotopic (exact) mass is 512 g/mol. The van der Waals surface area contributed by atoms with E-state index in [4.69, 9.17) is 27.9 Å². The van der Waals surface area contributed by atoms with Gasteiger partial charge in [0.2, 0.25) is 5.91 Å². The molecule has 0 radical (unpaired) electrons. The lowest BCUT2D eigenvalue weighted by atomic mass is 10.0. The van der Waals surface area contributed by atoms with Crippen LogP contribution in [0.4, 0.5) is 0 Å². The van der Waals surface area contributed by atoms with E-state index in [1.54, 1.807) is 23.1 Å². The summed E-state index contributed by atoms with van der Waals surface area (Å²) in [4.78, 5) is 28.4. The molecule has 3 aromatic rings. The third-order valence-electron chi connectivity index (χ3n) is 5.60. The summed E-state index contributed by atoms with van der Waals surface area (Å²) >= 11 is 12.3. The molecule has 35 heavy (non-hydrogen) atoms. The number of aryl methyl sites for hydroxylation is 1. The first-order valence-corrected chi connectivity index (χ1v) is 12.4. The van der Waals surface area contributed by atoms with Crippen LogP contribution in [0.15, 0.2) is 72.8 Å². The molecule has 0 fully saturated rings. The van der Waals surface area contributed by atoms with Gasteiger partial charge in [0.05, 0.1) is 10.0 Å². The Morgan fingerprint density at radius 2 is 1.66 bits per heavy atom. The first-order valence-electron chi connectivity index (χ1n) is 11.6. The maximum Gasteiger partial charge on any atom is 0.261 e. The number of rotatable bonds is 11. The van der Waals surface area contributed by atoms with Crippen LogP contribution in [0, 0.1) is 6.92 Å². The van der Waals surface area contributed by atoms with Crippen molar-refractivity contribution >= 4 is 35.0 Å². The zero-order valence-corrected chi connectivity index (χ0v) is 21.5. The van der Waals surface area contributed by atoms with Gasteiger partial charge >= 0.3 is 0 Å². The minimum Gasteiger partial charge on any atom is -0.484 e. The Hall–Kier alpha value is -3.02. The molecule has 0 aliphatic rings. The number of hydrogen-bond donors (Lipinski definition) is 1. The van der Waals surface area contributed by atoms with Crippen molar-refractivity contribution in [2.24, 2.45) is 0 Å². The van der Waals surface area contributed by atoms with Crippen LogP contribution >= 0.6 is 23.2 Å². The summed E-state index contributed by atoms with van der Waals surface area (Å²) in [7, 11) is 0. The minimum atomic E-state index is -0.730. The molecule has 3 aromatic carbocycles. The number of benzene rings is 3. The molecule has 0 spiro atoms. The third kappa shape index (κ3) is 7.74. The summed E-state index contributed by atoms with van der Waals surface area (Å²) in [5.41, 5.74) is 2.65. The third-order valence-corrected chi connectivity index (χ3v) is 6.34. The molecule has 0 aliphatic heterocycles. The fourth-order valence-electron chi connectivity index (χ4n) is 3.70. The molecule has 0 saturated carbocycles. The summed E-state index contributed by atoms with van der Waals surface area (Å²) in [5, 5.41) is 3.78. The molecule has 0 unspecified atom stereocenters. The zero-order valence-electron chi connectivity index (χ0n) is 20.0. The van der Waals surface area contributed by atoms with Crippen LogP contribution in [-0.4, -0.2) is 35.9 Å². The average Bonchev–Trinajstić information content (AvgIpc) is 2.86. The van der Waals surface area contributed by atoms with Crippen molar-refractivity contribution in [3.05, 3.63) is 99.5 Å². The Balaban J connectivity index is 1.92. The van der Waals surface area contributed by atoms with Gasteiger partial charge in [-0.25, -0.2) is 0 Å². The SMILES string of the molecule is CCCNC(=O)[C@@H](Cc1ccccc1)N(Cc1ccc(Cl)c(Cl)c1)C(=O)COc1ccccc1C. The number of carbonyl (C=O) groups excluding carboxylic acids is 2. The molecular weight excluding hydrogens is 483 g/mol. The average molecular weight is 513 g/mol. The first kappa shape index (κ1) is 26.6. The van der Waals surface area contributed by atoms with Gasteiger partial charge < -0.3 is 15.0 Å². The Kier molecular flexibility index (Phi) is 10.0. The molecule has 1 N–H and O–H groups in total. The van der Waals surface area contributed by atoms with E-state index in [1.807, 2.05) is 68.4 Å². The summed E-state index contributed by atoms with van der Waals surface area (Å²) in [6, 6.07) is 21.7. The fraction of sp³-hybridized carbons (Fsp3) is 0.286. The molecule has 5 nitrogen and oxygen atoms in total. The van der Waals surface area contributed by atoms with Crippen molar-refractivity contribution in [1.82, 2.24) is 10.2 Å². The fourth-order valence-corrected chi connectivity index (χ4v) is 4.02. The van der Waals surface area contributed by atoms with Crippen LogP contribution in [-0.2, 0) is 22.6 Å². The van der Waals surface area contributed by atoms with Gasteiger partial charge in [-0.3, -0.25) is 9.59 Å². The highest BCUT2D eigenvalue weighted by Crippen LogP contribution is 2.24. The molecule has 3 rings (SSSR count). The summed E-state index contributed by atoms with van der Waals surface area (Å²) in [6.07, 6.45) is 1.16. The Labute approximate surface area is 217 Å². The maximum atomic E-state index is 13.6. The minimum absolute atomic E-state index is 0.184.